The van der Waals surface area contributed by atoms with Crippen molar-refractivity contribution in [1.29, 1.82) is 0 Å². The zero-order chi connectivity index (χ0) is 26.4. The molecule has 0 aliphatic heterocycles. The first-order chi connectivity index (χ1) is 19.3. The van der Waals surface area contributed by atoms with Crippen LogP contribution in [0.4, 0.5) is 28.4 Å². The van der Waals surface area contributed by atoms with Gasteiger partial charge >= 0.3 is 0 Å². The quantitative estimate of drug-likeness (QED) is 0.214. The lowest BCUT2D eigenvalue weighted by molar-refractivity contribution is 1.20. The number of anilines is 5. The molecule has 39 heavy (non-hydrogen) atoms. The second-order valence-electron chi connectivity index (χ2n) is 9.57. The molecule has 0 atom stereocenters. The van der Waals surface area contributed by atoms with Gasteiger partial charge in [0.05, 0.1) is 0 Å². The average molecular weight is 503 g/mol. The molecule has 0 N–H and O–H groups in total. The Labute approximate surface area is 231 Å². The zero-order valence-electron chi connectivity index (χ0n) is 22.0. The van der Waals surface area contributed by atoms with Crippen molar-refractivity contribution in [3.8, 4) is 22.3 Å². The summed E-state index contributed by atoms with van der Waals surface area (Å²) in [6, 6.07) is 57.8. The molecule has 0 spiro atoms. The van der Waals surface area contributed by atoms with Gasteiger partial charge in [-0.2, -0.15) is 0 Å². The lowest BCUT2D eigenvalue weighted by Gasteiger charge is -2.27. The van der Waals surface area contributed by atoms with Crippen LogP contribution in [0.2, 0.25) is 0 Å². The molecular weight excluding hydrogens is 472 g/mol. The van der Waals surface area contributed by atoms with Crippen molar-refractivity contribution in [1.82, 2.24) is 0 Å². The Bertz CT molecular complexity index is 1610. The maximum Gasteiger partial charge on any atom is 0.0463 e. The van der Waals surface area contributed by atoms with Gasteiger partial charge in [0.2, 0.25) is 0 Å². The van der Waals surface area contributed by atoms with Crippen LogP contribution in [0, 0.1) is 0 Å². The Morgan fingerprint density at radius 3 is 1.00 bits per heavy atom. The maximum absolute atomic E-state index is 2.30. The predicted molar refractivity (Wildman–Crippen MR) is 167 cm³/mol. The molecule has 0 saturated heterocycles. The number of para-hydroxylation sites is 1. The SMILES string of the molecule is CN(c1ccc(-c2ccccc2)cc1)c1ccc(N(c2ccccc2)c2ccc(-c3ccccc3)cc2)cc1. The fourth-order valence-corrected chi connectivity index (χ4v) is 4.94. The summed E-state index contributed by atoms with van der Waals surface area (Å²) in [6.07, 6.45) is 0. The van der Waals surface area contributed by atoms with Crippen LogP contribution in [-0.2, 0) is 0 Å². The Kier molecular flexibility index (Phi) is 6.92. The molecule has 6 rings (SSSR count). The molecule has 0 aliphatic carbocycles. The van der Waals surface area contributed by atoms with Crippen molar-refractivity contribution in [3.63, 3.8) is 0 Å². The third kappa shape index (κ3) is 5.32. The lowest BCUT2D eigenvalue weighted by atomic mass is 10.0. The van der Waals surface area contributed by atoms with E-state index in [4.69, 9.17) is 0 Å². The fourth-order valence-electron chi connectivity index (χ4n) is 4.94. The maximum atomic E-state index is 2.30. The van der Waals surface area contributed by atoms with E-state index in [1.165, 1.54) is 22.3 Å². The van der Waals surface area contributed by atoms with Crippen molar-refractivity contribution in [3.05, 3.63) is 164 Å². The molecule has 0 aromatic heterocycles. The minimum atomic E-state index is 1.12. The molecule has 0 unspecified atom stereocenters. The summed E-state index contributed by atoms with van der Waals surface area (Å²) in [5.74, 6) is 0. The monoisotopic (exact) mass is 502 g/mol. The zero-order valence-corrected chi connectivity index (χ0v) is 22.0. The molecule has 2 heteroatoms. The van der Waals surface area contributed by atoms with E-state index in [1.54, 1.807) is 0 Å². The van der Waals surface area contributed by atoms with Gasteiger partial charge in [-0.1, -0.05) is 103 Å². The van der Waals surface area contributed by atoms with E-state index in [0.29, 0.717) is 0 Å². The Hall–Kier alpha value is -5.08. The highest BCUT2D eigenvalue weighted by molar-refractivity contribution is 5.79. The van der Waals surface area contributed by atoms with Crippen molar-refractivity contribution in [2.75, 3.05) is 16.8 Å². The van der Waals surface area contributed by atoms with E-state index in [-0.39, 0.29) is 0 Å². The van der Waals surface area contributed by atoms with Gasteiger partial charge in [-0.05, 0) is 82.9 Å². The third-order valence-electron chi connectivity index (χ3n) is 7.10. The summed E-state index contributed by atoms with van der Waals surface area (Å²) in [7, 11) is 2.11. The number of rotatable bonds is 7. The molecular formula is C37H30N2. The summed E-state index contributed by atoms with van der Waals surface area (Å²) in [5.41, 5.74) is 10.5. The molecule has 2 nitrogen and oxygen atoms in total. The lowest BCUT2D eigenvalue weighted by Crippen LogP contribution is -2.11. The largest absolute Gasteiger partial charge is 0.345 e. The molecule has 0 amide bonds. The van der Waals surface area contributed by atoms with Crippen LogP contribution in [0.3, 0.4) is 0 Å². The summed E-state index contributed by atoms with van der Waals surface area (Å²) < 4.78 is 0. The van der Waals surface area contributed by atoms with Gasteiger partial charge in [-0.3, -0.25) is 0 Å². The van der Waals surface area contributed by atoms with Gasteiger partial charge in [-0.15, -0.1) is 0 Å². The number of hydrogen-bond donors (Lipinski definition) is 0. The van der Waals surface area contributed by atoms with Gasteiger partial charge < -0.3 is 9.80 Å². The smallest absolute Gasteiger partial charge is 0.0463 e. The van der Waals surface area contributed by atoms with Crippen LogP contribution in [0.15, 0.2) is 164 Å². The highest BCUT2D eigenvalue weighted by Crippen LogP contribution is 2.37. The Morgan fingerprint density at radius 2 is 0.564 bits per heavy atom. The van der Waals surface area contributed by atoms with Gasteiger partial charge in [0.25, 0.3) is 0 Å². The molecule has 0 aliphatic rings. The topological polar surface area (TPSA) is 6.48 Å². The Balaban J connectivity index is 1.27. The first-order valence-corrected chi connectivity index (χ1v) is 13.3. The van der Waals surface area contributed by atoms with Crippen molar-refractivity contribution in [2.24, 2.45) is 0 Å². The van der Waals surface area contributed by atoms with E-state index >= 15 is 0 Å². The van der Waals surface area contributed by atoms with Gasteiger partial charge in [0.1, 0.15) is 0 Å². The Morgan fingerprint density at radius 1 is 0.282 bits per heavy atom. The standard InChI is InChI=1S/C37H30N2/c1-38(33-21-17-31(18-22-33)29-11-5-2-6-12-29)34-25-27-37(28-26-34)39(35-15-9-4-10-16-35)36-23-19-32(20-24-36)30-13-7-3-8-14-30/h2-28H,1H3. The van der Waals surface area contributed by atoms with Crippen LogP contribution in [0.25, 0.3) is 22.3 Å². The van der Waals surface area contributed by atoms with E-state index in [2.05, 4.69) is 175 Å². The van der Waals surface area contributed by atoms with Crippen LogP contribution in [0.5, 0.6) is 0 Å². The summed E-state index contributed by atoms with van der Waals surface area (Å²) >= 11 is 0. The van der Waals surface area contributed by atoms with E-state index < -0.39 is 0 Å². The molecule has 0 saturated carbocycles. The van der Waals surface area contributed by atoms with Crippen LogP contribution in [-0.4, -0.2) is 7.05 Å². The molecule has 0 bridgehead atoms. The van der Waals surface area contributed by atoms with E-state index in [9.17, 15) is 0 Å². The predicted octanol–water partition coefficient (Wildman–Crippen LogP) is 10.3. The van der Waals surface area contributed by atoms with Crippen molar-refractivity contribution < 1.29 is 0 Å². The van der Waals surface area contributed by atoms with E-state index in [0.717, 1.165) is 28.4 Å². The summed E-state index contributed by atoms with van der Waals surface area (Å²) in [5, 5.41) is 0. The van der Waals surface area contributed by atoms with Crippen molar-refractivity contribution >= 4 is 28.4 Å². The highest BCUT2D eigenvalue weighted by atomic mass is 15.1. The third-order valence-corrected chi connectivity index (χ3v) is 7.10. The molecule has 0 fully saturated rings. The highest BCUT2D eigenvalue weighted by Gasteiger charge is 2.13. The second-order valence-corrected chi connectivity index (χ2v) is 9.57. The number of hydrogen-bond acceptors (Lipinski definition) is 2. The molecule has 0 heterocycles. The number of nitrogens with zero attached hydrogens (tertiary/aromatic N) is 2. The minimum absolute atomic E-state index is 1.12. The first-order valence-electron chi connectivity index (χ1n) is 13.3. The molecule has 188 valence electrons. The average Bonchev–Trinajstić information content (AvgIpc) is 3.03. The first kappa shape index (κ1) is 24.3. The fraction of sp³-hybridized carbons (Fsp3) is 0.0270. The van der Waals surface area contributed by atoms with Gasteiger partial charge in [0, 0.05) is 35.5 Å². The second kappa shape index (κ2) is 11.1. The van der Waals surface area contributed by atoms with Crippen LogP contribution in [0.1, 0.15) is 0 Å². The van der Waals surface area contributed by atoms with Crippen LogP contribution >= 0.6 is 0 Å². The van der Waals surface area contributed by atoms with Gasteiger partial charge in [0.15, 0.2) is 0 Å². The van der Waals surface area contributed by atoms with E-state index in [1.807, 2.05) is 6.07 Å². The normalized spacial score (nSPS) is 10.7. The van der Waals surface area contributed by atoms with Gasteiger partial charge in [-0.25, -0.2) is 0 Å². The molecule has 6 aromatic rings. The number of benzene rings is 6. The minimum Gasteiger partial charge on any atom is -0.345 e. The molecule has 0 radical (unpaired) electrons. The molecule has 6 aromatic carbocycles. The van der Waals surface area contributed by atoms with Crippen molar-refractivity contribution in [2.45, 2.75) is 0 Å². The summed E-state index contributed by atoms with van der Waals surface area (Å²) in [4.78, 5) is 4.52. The summed E-state index contributed by atoms with van der Waals surface area (Å²) in [6.45, 7) is 0. The van der Waals surface area contributed by atoms with Crippen LogP contribution < -0.4 is 9.80 Å².